The summed E-state index contributed by atoms with van der Waals surface area (Å²) in [5, 5.41) is 13.4. The Hall–Kier alpha value is -3.56. The molecule has 0 aliphatic rings. The summed E-state index contributed by atoms with van der Waals surface area (Å²) >= 11 is 0. The van der Waals surface area contributed by atoms with Crippen LogP contribution in [0.15, 0.2) is 39.9 Å². The molecule has 1 heterocycles. The van der Waals surface area contributed by atoms with Crippen LogP contribution in [0.1, 0.15) is 5.56 Å². The predicted octanol–water partition coefficient (Wildman–Crippen LogP) is -0.527. The predicted molar refractivity (Wildman–Crippen MR) is 90.4 cm³/mol. The third-order valence-electron chi connectivity index (χ3n) is 3.50. The zero-order chi connectivity index (χ0) is 18.6. The van der Waals surface area contributed by atoms with Crippen LogP contribution >= 0.6 is 0 Å². The van der Waals surface area contributed by atoms with Gasteiger partial charge in [-0.15, -0.1) is 0 Å². The van der Waals surface area contributed by atoms with Crippen molar-refractivity contribution in [3.8, 4) is 0 Å². The lowest BCUT2D eigenvalue weighted by molar-refractivity contribution is -0.118. The fourth-order valence-electron chi connectivity index (χ4n) is 2.20. The van der Waals surface area contributed by atoms with Gasteiger partial charge in [-0.1, -0.05) is 30.3 Å². The molecule has 2 aromatic rings. The van der Waals surface area contributed by atoms with Crippen molar-refractivity contribution in [1.29, 1.82) is 0 Å². The Bertz CT molecular complexity index is 869. The second-order valence-electron chi connectivity index (χ2n) is 5.26. The van der Waals surface area contributed by atoms with Crippen LogP contribution in [-0.2, 0) is 18.3 Å². The number of nitrogens with zero attached hydrogens (tertiary/aromatic N) is 1. The third-order valence-corrected chi connectivity index (χ3v) is 3.50. The lowest BCUT2D eigenvalue weighted by Gasteiger charge is -2.18. The van der Waals surface area contributed by atoms with Crippen LogP contribution in [0.4, 0.5) is 16.3 Å². The lowest BCUT2D eigenvalue weighted by Crippen LogP contribution is -2.46. The van der Waals surface area contributed by atoms with E-state index in [0.717, 1.165) is 10.1 Å². The van der Waals surface area contributed by atoms with Crippen molar-refractivity contribution in [2.45, 2.75) is 12.5 Å². The summed E-state index contributed by atoms with van der Waals surface area (Å²) in [5.74, 6) is -0.956. The molecule has 10 heteroatoms. The van der Waals surface area contributed by atoms with Gasteiger partial charge in [-0.05, 0) is 5.56 Å². The molecule has 132 valence electrons. The minimum Gasteiger partial charge on any atom is -0.465 e. The fraction of sp³-hybridized carbons (Fsp3) is 0.200. The summed E-state index contributed by atoms with van der Waals surface area (Å²) in [6.45, 7) is 0. The number of rotatable bonds is 5. The molecule has 0 fully saturated rings. The molecule has 1 aromatic carbocycles. The zero-order valence-corrected chi connectivity index (χ0v) is 13.3. The number of carboxylic acid groups (broad SMARTS) is 1. The largest absolute Gasteiger partial charge is 0.465 e. The number of carbonyl (C=O) groups excluding carboxylic acids is 1. The van der Waals surface area contributed by atoms with Gasteiger partial charge in [0.15, 0.2) is 0 Å². The number of aromatic amines is 1. The van der Waals surface area contributed by atoms with Crippen molar-refractivity contribution in [1.82, 2.24) is 14.9 Å². The number of anilines is 2. The van der Waals surface area contributed by atoms with Crippen LogP contribution < -0.4 is 27.6 Å². The maximum Gasteiger partial charge on any atom is 0.405 e. The van der Waals surface area contributed by atoms with Crippen LogP contribution in [0, 0.1) is 0 Å². The molecule has 0 saturated heterocycles. The van der Waals surface area contributed by atoms with Gasteiger partial charge in [0.2, 0.25) is 5.91 Å². The Morgan fingerprint density at radius 1 is 1.28 bits per heavy atom. The van der Waals surface area contributed by atoms with Crippen molar-refractivity contribution < 1.29 is 14.7 Å². The van der Waals surface area contributed by atoms with E-state index in [1.54, 1.807) is 30.3 Å². The second-order valence-corrected chi connectivity index (χ2v) is 5.26. The highest BCUT2D eigenvalue weighted by Gasteiger charge is 2.23. The molecular formula is C15H17N5O5. The number of hydrogen-bond donors (Lipinski definition) is 5. The maximum absolute atomic E-state index is 12.5. The molecule has 0 saturated carbocycles. The van der Waals surface area contributed by atoms with Crippen LogP contribution in [-0.4, -0.2) is 32.7 Å². The lowest BCUT2D eigenvalue weighted by atomic mass is 10.1. The highest BCUT2D eigenvalue weighted by atomic mass is 16.4. The fourth-order valence-corrected chi connectivity index (χ4v) is 2.20. The van der Waals surface area contributed by atoms with Crippen LogP contribution in [0.2, 0.25) is 0 Å². The monoisotopic (exact) mass is 347 g/mol. The molecular weight excluding hydrogens is 330 g/mol. The van der Waals surface area contributed by atoms with Gasteiger partial charge in [-0.2, -0.15) is 0 Å². The Labute approximate surface area is 141 Å². The van der Waals surface area contributed by atoms with E-state index in [0.29, 0.717) is 0 Å². The smallest absolute Gasteiger partial charge is 0.405 e. The van der Waals surface area contributed by atoms with Gasteiger partial charge in [0.25, 0.3) is 5.56 Å². The molecule has 6 N–H and O–H groups in total. The van der Waals surface area contributed by atoms with E-state index in [-0.39, 0.29) is 17.9 Å². The molecule has 2 amide bonds. The van der Waals surface area contributed by atoms with E-state index in [1.165, 1.54) is 7.05 Å². The first-order chi connectivity index (χ1) is 11.8. The van der Waals surface area contributed by atoms with Crippen molar-refractivity contribution in [2.75, 3.05) is 11.1 Å². The normalized spacial score (nSPS) is 11.6. The molecule has 25 heavy (non-hydrogen) atoms. The van der Waals surface area contributed by atoms with Gasteiger partial charge >= 0.3 is 11.8 Å². The Morgan fingerprint density at radius 3 is 2.52 bits per heavy atom. The molecule has 10 nitrogen and oxygen atoms in total. The minimum atomic E-state index is -1.39. The van der Waals surface area contributed by atoms with Crippen LogP contribution in [0.5, 0.6) is 0 Å². The van der Waals surface area contributed by atoms with Crippen LogP contribution in [0.3, 0.4) is 0 Å². The molecule has 0 radical (unpaired) electrons. The SMILES string of the molecule is Cn1c(NC(=O)C(Cc2ccccc2)NC(=O)O)c(N)c(=O)[nH]c1=O. The average molecular weight is 347 g/mol. The minimum absolute atomic E-state index is 0.0794. The van der Waals surface area contributed by atoms with Crippen LogP contribution in [0.25, 0.3) is 0 Å². The highest BCUT2D eigenvalue weighted by molar-refractivity contribution is 5.97. The molecule has 0 aliphatic heterocycles. The first-order valence-electron chi connectivity index (χ1n) is 7.22. The van der Waals surface area contributed by atoms with Crippen molar-refractivity contribution in [3.05, 3.63) is 56.7 Å². The van der Waals surface area contributed by atoms with Gasteiger partial charge in [0.1, 0.15) is 17.5 Å². The third kappa shape index (κ3) is 4.25. The van der Waals surface area contributed by atoms with E-state index >= 15 is 0 Å². The van der Waals surface area contributed by atoms with E-state index in [9.17, 15) is 19.2 Å². The number of hydrogen-bond acceptors (Lipinski definition) is 5. The van der Waals surface area contributed by atoms with E-state index in [2.05, 4.69) is 10.6 Å². The number of benzene rings is 1. The Morgan fingerprint density at radius 2 is 1.92 bits per heavy atom. The first kappa shape index (κ1) is 17.8. The average Bonchev–Trinajstić information content (AvgIpc) is 2.56. The van der Waals surface area contributed by atoms with Crippen molar-refractivity contribution >= 4 is 23.5 Å². The van der Waals surface area contributed by atoms with Gasteiger partial charge in [-0.3, -0.25) is 19.1 Å². The van der Waals surface area contributed by atoms with E-state index in [4.69, 9.17) is 10.8 Å². The maximum atomic E-state index is 12.5. The molecule has 0 aliphatic carbocycles. The second kappa shape index (κ2) is 7.34. The molecule has 0 bridgehead atoms. The molecule has 2 rings (SSSR count). The number of nitrogens with one attached hydrogen (secondary N) is 3. The van der Waals surface area contributed by atoms with Gasteiger partial charge in [0, 0.05) is 13.5 Å². The Kier molecular flexibility index (Phi) is 5.22. The summed E-state index contributed by atoms with van der Waals surface area (Å²) in [6.07, 6.45) is -1.31. The van der Waals surface area contributed by atoms with Crippen molar-refractivity contribution in [3.63, 3.8) is 0 Å². The zero-order valence-electron chi connectivity index (χ0n) is 13.3. The number of nitrogens with two attached hydrogens (primary N) is 1. The number of nitrogen functional groups attached to an aromatic ring is 1. The van der Waals surface area contributed by atoms with E-state index in [1.807, 2.05) is 4.98 Å². The highest BCUT2D eigenvalue weighted by Crippen LogP contribution is 2.11. The number of H-pyrrole nitrogens is 1. The van der Waals surface area contributed by atoms with Gasteiger partial charge in [0.05, 0.1) is 0 Å². The van der Waals surface area contributed by atoms with Gasteiger partial charge in [-0.25, -0.2) is 9.59 Å². The number of amides is 2. The summed E-state index contributed by atoms with van der Waals surface area (Å²) < 4.78 is 0.953. The van der Waals surface area contributed by atoms with Crippen molar-refractivity contribution in [2.24, 2.45) is 7.05 Å². The topological polar surface area (TPSA) is 159 Å². The standard InChI is InChI=1S/C15H17N5O5/c1-20-11(10(16)13(22)19-14(20)23)18-12(21)9(17-15(24)25)7-8-5-3-2-4-6-8/h2-6,9,17H,7,16H2,1H3,(H,18,21)(H,24,25)(H,19,22,23). The summed E-state index contributed by atoms with van der Waals surface area (Å²) in [6, 6.07) is 7.62. The summed E-state index contributed by atoms with van der Waals surface area (Å²) in [7, 11) is 1.31. The summed E-state index contributed by atoms with van der Waals surface area (Å²) in [5.41, 5.74) is 4.36. The van der Waals surface area contributed by atoms with Gasteiger partial charge < -0.3 is 21.5 Å². The molecule has 0 spiro atoms. The number of aromatic nitrogens is 2. The molecule has 1 aromatic heterocycles. The molecule has 1 atom stereocenters. The summed E-state index contributed by atoms with van der Waals surface area (Å²) in [4.78, 5) is 48.6. The van der Waals surface area contributed by atoms with E-state index < -0.39 is 29.3 Å². The first-order valence-corrected chi connectivity index (χ1v) is 7.22. The molecule has 1 unspecified atom stereocenters. The Balaban J connectivity index is 2.30. The quantitative estimate of drug-likeness (QED) is 0.489. The number of carbonyl (C=O) groups is 2.